The zero-order chi connectivity index (χ0) is 18.8. The molecule has 2 amide bonds. The average molecular weight is 372 g/mol. The van der Waals surface area contributed by atoms with Crippen molar-refractivity contribution in [2.75, 3.05) is 13.1 Å². The van der Waals surface area contributed by atoms with Crippen molar-refractivity contribution in [1.82, 2.24) is 20.4 Å². The van der Waals surface area contributed by atoms with Crippen LogP contribution in [0.25, 0.3) is 0 Å². The fourth-order valence-corrected chi connectivity index (χ4v) is 3.28. The standard InChI is InChI=1S/C19H21FN4O3/c20-15-3-1-2-4-17(15)27-11-13-8-16(23-22-13)19(26)21-9-12-7-18(25)24(10-12)14-5-6-14/h1-4,8,12,14H,5-7,9-11H2,(H,21,26)(H,22,23)/t12-/m1/s1. The molecule has 2 fully saturated rings. The highest BCUT2D eigenvalue weighted by Gasteiger charge is 2.39. The third-order valence-electron chi connectivity index (χ3n) is 4.86. The van der Waals surface area contributed by atoms with E-state index in [1.54, 1.807) is 18.2 Å². The van der Waals surface area contributed by atoms with Crippen LogP contribution in [0.5, 0.6) is 5.75 Å². The van der Waals surface area contributed by atoms with Gasteiger partial charge in [-0.05, 0) is 31.0 Å². The first-order valence-electron chi connectivity index (χ1n) is 9.09. The Morgan fingerprint density at radius 1 is 1.37 bits per heavy atom. The molecular formula is C19H21FN4O3. The maximum absolute atomic E-state index is 13.5. The first kappa shape index (κ1) is 17.5. The van der Waals surface area contributed by atoms with Crippen LogP contribution in [0.3, 0.4) is 0 Å². The van der Waals surface area contributed by atoms with E-state index in [1.165, 1.54) is 12.1 Å². The van der Waals surface area contributed by atoms with Crippen LogP contribution in [0, 0.1) is 11.7 Å². The van der Waals surface area contributed by atoms with Gasteiger partial charge in [0.05, 0.1) is 5.69 Å². The normalized spacial score (nSPS) is 19.4. The number of carbonyl (C=O) groups excluding carboxylic acids is 2. The Morgan fingerprint density at radius 2 is 2.19 bits per heavy atom. The minimum atomic E-state index is -0.443. The number of para-hydroxylation sites is 1. The minimum Gasteiger partial charge on any atom is -0.484 e. The summed E-state index contributed by atoms with van der Waals surface area (Å²) >= 11 is 0. The Morgan fingerprint density at radius 3 is 2.96 bits per heavy atom. The van der Waals surface area contributed by atoms with Gasteiger partial charge in [0.15, 0.2) is 11.6 Å². The molecule has 1 aliphatic heterocycles. The van der Waals surface area contributed by atoms with Gasteiger partial charge in [-0.1, -0.05) is 12.1 Å². The van der Waals surface area contributed by atoms with Gasteiger partial charge in [0.2, 0.25) is 5.91 Å². The number of rotatable bonds is 7. The van der Waals surface area contributed by atoms with Gasteiger partial charge >= 0.3 is 0 Å². The Balaban J connectivity index is 1.26. The number of ether oxygens (including phenoxy) is 1. The molecule has 1 saturated heterocycles. The zero-order valence-electron chi connectivity index (χ0n) is 14.8. The zero-order valence-corrected chi connectivity index (χ0v) is 14.8. The van der Waals surface area contributed by atoms with Crippen molar-refractivity contribution >= 4 is 11.8 Å². The van der Waals surface area contributed by atoms with E-state index in [2.05, 4.69) is 15.5 Å². The molecule has 0 radical (unpaired) electrons. The molecule has 2 heterocycles. The van der Waals surface area contributed by atoms with Crippen molar-refractivity contribution in [2.45, 2.75) is 31.9 Å². The molecule has 0 unspecified atom stereocenters. The van der Waals surface area contributed by atoms with E-state index >= 15 is 0 Å². The van der Waals surface area contributed by atoms with Crippen molar-refractivity contribution in [2.24, 2.45) is 5.92 Å². The Bertz CT molecular complexity index is 849. The van der Waals surface area contributed by atoms with Gasteiger partial charge < -0.3 is 15.0 Å². The molecule has 1 aromatic heterocycles. The summed E-state index contributed by atoms with van der Waals surface area (Å²) in [5.41, 5.74) is 0.810. The lowest BCUT2D eigenvalue weighted by molar-refractivity contribution is -0.128. The summed E-state index contributed by atoms with van der Waals surface area (Å²) in [6, 6.07) is 8.12. The van der Waals surface area contributed by atoms with Gasteiger partial charge in [0.25, 0.3) is 5.91 Å². The van der Waals surface area contributed by atoms with Crippen LogP contribution in [-0.2, 0) is 11.4 Å². The molecule has 142 valence electrons. The number of carbonyl (C=O) groups is 2. The van der Waals surface area contributed by atoms with E-state index in [4.69, 9.17) is 4.74 Å². The van der Waals surface area contributed by atoms with Crippen molar-refractivity contribution in [3.8, 4) is 5.75 Å². The first-order chi connectivity index (χ1) is 13.1. The molecule has 4 rings (SSSR count). The molecule has 1 saturated carbocycles. The predicted molar refractivity (Wildman–Crippen MR) is 94.5 cm³/mol. The summed E-state index contributed by atoms with van der Waals surface area (Å²) < 4.78 is 18.9. The topological polar surface area (TPSA) is 87.3 Å². The maximum atomic E-state index is 13.5. The third kappa shape index (κ3) is 4.10. The Kier molecular flexibility index (Phi) is 4.79. The summed E-state index contributed by atoms with van der Waals surface area (Å²) in [5, 5.41) is 9.53. The van der Waals surface area contributed by atoms with E-state index in [1.807, 2.05) is 4.90 Å². The third-order valence-corrected chi connectivity index (χ3v) is 4.86. The van der Waals surface area contributed by atoms with E-state index in [0.29, 0.717) is 31.2 Å². The van der Waals surface area contributed by atoms with Crippen molar-refractivity contribution in [1.29, 1.82) is 0 Å². The van der Waals surface area contributed by atoms with Crippen LogP contribution in [0.2, 0.25) is 0 Å². The van der Waals surface area contributed by atoms with Gasteiger partial charge in [-0.15, -0.1) is 0 Å². The molecule has 7 nitrogen and oxygen atoms in total. The predicted octanol–water partition coefficient (Wildman–Crippen LogP) is 1.87. The molecular weight excluding hydrogens is 351 g/mol. The molecule has 1 aliphatic carbocycles. The number of nitrogens with zero attached hydrogens (tertiary/aromatic N) is 2. The second-order valence-corrected chi connectivity index (χ2v) is 7.05. The molecule has 0 spiro atoms. The Hall–Kier alpha value is -2.90. The van der Waals surface area contributed by atoms with Gasteiger partial charge in [-0.3, -0.25) is 14.7 Å². The van der Waals surface area contributed by atoms with Crippen LogP contribution in [-0.4, -0.2) is 46.0 Å². The van der Waals surface area contributed by atoms with E-state index in [0.717, 1.165) is 12.8 Å². The molecule has 1 atom stereocenters. The number of halogens is 1. The average Bonchev–Trinajstić information content (AvgIpc) is 3.27. The molecule has 2 aromatic rings. The summed E-state index contributed by atoms with van der Waals surface area (Å²) in [4.78, 5) is 26.1. The van der Waals surface area contributed by atoms with E-state index < -0.39 is 5.82 Å². The monoisotopic (exact) mass is 372 g/mol. The lowest BCUT2D eigenvalue weighted by Crippen LogP contribution is -2.32. The van der Waals surface area contributed by atoms with Gasteiger partial charge in [0.1, 0.15) is 12.3 Å². The van der Waals surface area contributed by atoms with E-state index in [9.17, 15) is 14.0 Å². The molecule has 27 heavy (non-hydrogen) atoms. The van der Waals surface area contributed by atoms with Crippen LogP contribution >= 0.6 is 0 Å². The van der Waals surface area contributed by atoms with Crippen LogP contribution < -0.4 is 10.1 Å². The smallest absolute Gasteiger partial charge is 0.271 e. The fraction of sp³-hybridized carbons (Fsp3) is 0.421. The Labute approximate surface area is 155 Å². The largest absolute Gasteiger partial charge is 0.484 e. The highest BCUT2D eigenvalue weighted by atomic mass is 19.1. The van der Waals surface area contributed by atoms with Crippen LogP contribution in [0.4, 0.5) is 4.39 Å². The number of nitrogens with one attached hydrogen (secondary N) is 2. The molecule has 8 heteroatoms. The lowest BCUT2D eigenvalue weighted by atomic mass is 10.1. The summed E-state index contributed by atoms with van der Waals surface area (Å²) in [5.74, 6) is -0.278. The van der Waals surface area contributed by atoms with Crippen molar-refractivity contribution < 1.29 is 18.7 Å². The number of aromatic amines is 1. The number of likely N-dealkylation sites (tertiary alicyclic amines) is 1. The number of amides is 2. The molecule has 0 bridgehead atoms. The second kappa shape index (κ2) is 7.38. The SMILES string of the molecule is O=C(NC[C@H]1CC(=O)N(C2CC2)C1)c1cc(COc2ccccc2F)[nH]n1. The lowest BCUT2D eigenvalue weighted by Gasteiger charge is -2.15. The number of benzene rings is 1. The number of hydrogen-bond acceptors (Lipinski definition) is 4. The maximum Gasteiger partial charge on any atom is 0.271 e. The summed E-state index contributed by atoms with van der Waals surface area (Å²) in [7, 11) is 0. The van der Waals surface area contributed by atoms with Crippen LogP contribution in [0.1, 0.15) is 35.4 Å². The van der Waals surface area contributed by atoms with Crippen molar-refractivity contribution in [3.05, 3.63) is 47.5 Å². The summed E-state index contributed by atoms with van der Waals surface area (Å²) in [6.45, 7) is 1.24. The first-order valence-corrected chi connectivity index (χ1v) is 9.09. The van der Waals surface area contributed by atoms with Gasteiger partial charge in [-0.25, -0.2) is 4.39 Å². The number of aromatic nitrogens is 2. The summed E-state index contributed by atoms with van der Waals surface area (Å²) in [6.07, 6.45) is 2.67. The highest BCUT2D eigenvalue weighted by molar-refractivity contribution is 5.92. The minimum absolute atomic E-state index is 0.0781. The second-order valence-electron chi connectivity index (χ2n) is 7.05. The fourth-order valence-electron chi connectivity index (χ4n) is 3.28. The quantitative estimate of drug-likeness (QED) is 0.777. The molecule has 2 aliphatic rings. The van der Waals surface area contributed by atoms with Crippen LogP contribution in [0.15, 0.2) is 30.3 Å². The van der Waals surface area contributed by atoms with Gasteiger partial charge in [0, 0.05) is 31.5 Å². The van der Waals surface area contributed by atoms with Crippen molar-refractivity contribution in [3.63, 3.8) is 0 Å². The number of H-pyrrole nitrogens is 1. The van der Waals surface area contributed by atoms with E-state index in [-0.39, 0.29) is 35.8 Å². The highest BCUT2D eigenvalue weighted by Crippen LogP contribution is 2.32. The molecule has 1 aromatic carbocycles. The number of hydrogen-bond donors (Lipinski definition) is 2. The molecule has 2 N–H and O–H groups in total. The van der Waals surface area contributed by atoms with Gasteiger partial charge in [-0.2, -0.15) is 5.10 Å².